The first kappa shape index (κ1) is 26.3. The Morgan fingerprint density at radius 2 is 1.54 bits per heavy atom. The molecule has 1 aliphatic carbocycles. The molecule has 0 saturated carbocycles. The minimum absolute atomic E-state index is 0.0162. The minimum Gasteiger partial charge on any atom is -0.481 e. The lowest BCUT2D eigenvalue weighted by Gasteiger charge is -2.15. The summed E-state index contributed by atoms with van der Waals surface area (Å²) in [6, 6.07) is 16.5. The quantitative estimate of drug-likeness (QED) is 0.346. The molecule has 7 nitrogen and oxygen atoms in total. The SMILES string of the molecule is CC(CCCC(C)C(=O)O)NC(=O)CCCCNC(=O)OCC1c2ccccc2-c2ccccc21. The van der Waals surface area contributed by atoms with Crippen LogP contribution in [0.4, 0.5) is 4.79 Å². The molecule has 3 N–H and O–H groups in total. The van der Waals surface area contributed by atoms with Gasteiger partial charge in [-0.25, -0.2) is 4.79 Å². The van der Waals surface area contributed by atoms with Crippen LogP contribution in [0.2, 0.25) is 0 Å². The molecule has 2 unspecified atom stereocenters. The zero-order valence-corrected chi connectivity index (χ0v) is 20.6. The summed E-state index contributed by atoms with van der Waals surface area (Å²) in [5, 5.41) is 14.6. The predicted octanol–water partition coefficient (Wildman–Crippen LogP) is 5.09. The molecule has 7 heteroatoms. The molecule has 0 spiro atoms. The summed E-state index contributed by atoms with van der Waals surface area (Å²) in [5.74, 6) is -1.13. The third-order valence-corrected chi connectivity index (χ3v) is 6.55. The summed E-state index contributed by atoms with van der Waals surface area (Å²) >= 11 is 0. The molecule has 0 fully saturated rings. The summed E-state index contributed by atoms with van der Waals surface area (Å²) < 4.78 is 5.52. The highest BCUT2D eigenvalue weighted by atomic mass is 16.5. The van der Waals surface area contributed by atoms with E-state index in [1.54, 1.807) is 6.92 Å². The highest BCUT2D eigenvalue weighted by molar-refractivity contribution is 5.79. The summed E-state index contributed by atoms with van der Waals surface area (Å²) in [7, 11) is 0. The monoisotopic (exact) mass is 480 g/mol. The lowest BCUT2D eigenvalue weighted by Crippen LogP contribution is -2.32. The molecule has 0 aromatic heterocycles. The number of hydrogen-bond donors (Lipinski definition) is 3. The molecule has 2 aromatic rings. The van der Waals surface area contributed by atoms with Crippen molar-refractivity contribution in [2.75, 3.05) is 13.2 Å². The average Bonchev–Trinajstić information content (AvgIpc) is 3.16. The van der Waals surface area contributed by atoms with Gasteiger partial charge in [0.1, 0.15) is 6.61 Å². The highest BCUT2D eigenvalue weighted by Crippen LogP contribution is 2.44. The van der Waals surface area contributed by atoms with E-state index in [2.05, 4.69) is 34.9 Å². The van der Waals surface area contributed by atoms with Crippen molar-refractivity contribution in [3.8, 4) is 11.1 Å². The first-order chi connectivity index (χ1) is 16.9. The Morgan fingerprint density at radius 1 is 0.914 bits per heavy atom. The van der Waals surface area contributed by atoms with Crippen LogP contribution in [0, 0.1) is 5.92 Å². The van der Waals surface area contributed by atoms with Gasteiger partial charge in [0, 0.05) is 24.9 Å². The molecule has 0 radical (unpaired) electrons. The van der Waals surface area contributed by atoms with E-state index < -0.39 is 12.1 Å². The summed E-state index contributed by atoms with van der Waals surface area (Å²) in [6.45, 7) is 4.36. The number of fused-ring (bicyclic) bond motifs is 3. The molecule has 2 aromatic carbocycles. The molecular weight excluding hydrogens is 444 g/mol. The average molecular weight is 481 g/mol. The number of unbranched alkanes of at least 4 members (excludes halogenated alkanes) is 1. The first-order valence-electron chi connectivity index (χ1n) is 12.5. The second-order valence-corrected chi connectivity index (χ2v) is 9.35. The maximum Gasteiger partial charge on any atom is 0.407 e. The van der Waals surface area contributed by atoms with Crippen molar-refractivity contribution in [2.24, 2.45) is 5.92 Å². The summed E-state index contributed by atoms with van der Waals surface area (Å²) in [6.07, 6.45) is 3.42. The van der Waals surface area contributed by atoms with Crippen LogP contribution in [0.15, 0.2) is 48.5 Å². The summed E-state index contributed by atoms with van der Waals surface area (Å²) in [5.41, 5.74) is 4.75. The van der Waals surface area contributed by atoms with Gasteiger partial charge >= 0.3 is 12.1 Å². The second kappa shape index (κ2) is 12.9. The van der Waals surface area contributed by atoms with Crippen molar-refractivity contribution in [3.05, 3.63) is 59.7 Å². The Balaban J connectivity index is 1.29. The molecule has 1 aliphatic rings. The number of rotatable bonds is 13. The molecule has 2 atom stereocenters. The molecule has 2 amide bonds. The van der Waals surface area contributed by atoms with Crippen LogP contribution in [-0.4, -0.2) is 42.3 Å². The van der Waals surface area contributed by atoms with Crippen molar-refractivity contribution in [2.45, 2.75) is 64.3 Å². The van der Waals surface area contributed by atoms with Gasteiger partial charge in [0.05, 0.1) is 5.92 Å². The Kier molecular flexibility index (Phi) is 9.70. The van der Waals surface area contributed by atoms with Crippen LogP contribution >= 0.6 is 0 Å². The van der Waals surface area contributed by atoms with Crippen LogP contribution in [0.25, 0.3) is 11.1 Å². The van der Waals surface area contributed by atoms with E-state index in [-0.39, 0.29) is 30.4 Å². The minimum atomic E-state index is -0.784. The number of hydrogen-bond acceptors (Lipinski definition) is 4. The van der Waals surface area contributed by atoms with Crippen molar-refractivity contribution in [3.63, 3.8) is 0 Å². The Hall–Kier alpha value is -3.35. The van der Waals surface area contributed by atoms with Gasteiger partial charge in [0.25, 0.3) is 0 Å². The Morgan fingerprint density at radius 3 is 2.17 bits per heavy atom. The van der Waals surface area contributed by atoms with E-state index in [1.807, 2.05) is 31.2 Å². The number of carbonyl (C=O) groups excluding carboxylic acids is 2. The van der Waals surface area contributed by atoms with E-state index >= 15 is 0 Å². The van der Waals surface area contributed by atoms with Gasteiger partial charge in [-0.3, -0.25) is 9.59 Å². The van der Waals surface area contributed by atoms with Crippen molar-refractivity contribution < 1.29 is 24.2 Å². The topological polar surface area (TPSA) is 105 Å². The standard InChI is InChI=1S/C28H36N2O5/c1-19(27(32)33)10-9-11-20(2)30-26(31)16-7-8-17-29-28(34)35-18-25-23-14-5-3-12-21(23)22-13-4-6-15-24(22)25/h3-6,12-15,19-20,25H,7-11,16-18H2,1-2H3,(H,29,34)(H,30,31)(H,32,33). The van der Waals surface area contributed by atoms with Gasteiger partial charge in [-0.05, 0) is 54.9 Å². The Labute approximate surface area is 207 Å². The molecule has 0 aliphatic heterocycles. The number of carbonyl (C=O) groups is 3. The number of ether oxygens (including phenoxy) is 1. The third kappa shape index (κ3) is 7.57. The van der Waals surface area contributed by atoms with E-state index in [9.17, 15) is 14.4 Å². The fourth-order valence-corrected chi connectivity index (χ4v) is 4.52. The highest BCUT2D eigenvalue weighted by Gasteiger charge is 2.28. The molecular formula is C28H36N2O5. The van der Waals surface area contributed by atoms with Crippen LogP contribution in [0.1, 0.15) is 69.4 Å². The predicted molar refractivity (Wildman–Crippen MR) is 135 cm³/mol. The van der Waals surface area contributed by atoms with Crippen molar-refractivity contribution in [1.29, 1.82) is 0 Å². The second-order valence-electron chi connectivity index (χ2n) is 9.35. The number of carboxylic acid groups (broad SMARTS) is 1. The van der Waals surface area contributed by atoms with Gasteiger partial charge < -0.3 is 20.5 Å². The van der Waals surface area contributed by atoms with Gasteiger partial charge in [-0.15, -0.1) is 0 Å². The number of amides is 2. The normalized spacial score (nSPS) is 13.9. The van der Waals surface area contributed by atoms with Crippen molar-refractivity contribution >= 4 is 18.0 Å². The fraction of sp³-hybridized carbons (Fsp3) is 0.464. The number of benzene rings is 2. The van der Waals surface area contributed by atoms with E-state index in [1.165, 1.54) is 22.3 Å². The van der Waals surface area contributed by atoms with E-state index in [0.29, 0.717) is 32.2 Å². The van der Waals surface area contributed by atoms with Crippen LogP contribution in [0.3, 0.4) is 0 Å². The zero-order chi connectivity index (χ0) is 25.2. The molecule has 0 saturated heterocycles. The van der Waals surface area contributed by atoms with Gasteiger partial charge in [0.15, 0.2) is 0 Å². The van der Waals surface area contributed by atoms with Crippen LogP contribution in [0.5, 0.6) is 0 Å². The number of alkyl carbamates (subject to hydrolysis) is 1. The number of nitrogens with one attached hydrogen (secondary N) is 2. The molecule has 188 valence electrons. The third-order valence-electron chi connectivity index (χ3n) is 6.55. The molecule has 0 heterocycles. The molecule has 3 rings (SSSR count). The lowest BCUT2D eigenvalue weighted by atomic mass is 9.98. The number of carboxylic acids is 1. The van der Waals surface area contributed by atoms with Gasteiger partial charge in [-0.1, -0.05) is 61.9 Å². The van der Waals surface area contributed by atoms with E-state index in [0.717, 1.165) is 12.8 Å². The van der Waals surface area contributed by atoms with Gasteiger partial charge in [0.2, 0.25) is 5.91 Å². The molecule has 0 bridgehead atoms. The van der Waals surface area contributed by atoms with Crippen LogP contribution in [-0.2, 0) is 14.3 Å². The van der Waals surface area contributed by atoms with Crippen molar-refractivity contribution in [1.82, 2.24) is 10.6 Å². The number of aliphatic carboxylic acids is 1. The lowest BCUT2D eigenvalue weighted by molar-refractivity contribution is -0.141. The van der Waals surface area contributed by atoms with Crippen LogP contribution < -0.4 is 10.6 Å². The van der Waals surface area contributed by atoms with Gasteiger partial charge in [-0.2, -0.15) is 0 Å². The Bertz CT molecular complexity index is 976. The maximum atomic E-state index is 12.2. The fourth-order valence-electron chi connectivity index (χ4n) is 4.52. The van der Waals surface area contributed by atoms with E-state index in [4.69, 9.17) is 9.84 Å². The zero-order valence-electron chi connectivity index (χ0n) is 20.6. The smallest absolute Gasteiger partial charge is 0.407 e. The molecule has 35 heavy (non-hydrogen) atoms. The maximum absolute atomic E-state index is 12.2. The first-order valence-corrected chi connectivity index (χ1v) is 12.5. The summed E-state index contributed by atoms with van der Waals surface area (Å²) in [4.78, 5) is 35.1. The largest absolute Gasteiger partial charge is 0.481 e.